The topological polar surface area (TPSA) is 26.2 Å². The van der Waals surface area contributed by atoms with E-state index >= 15 is 0 Å². The van der Waals surface area contributed by atoms with Crippen molar-refractivity contribution >= 4 is 22.5 Å². The van der Waals surface area contributed by atoms with Crippen molar-refractivity contribution in [1.29, 1.82) is 0 Å². The van der Waals surface area contributed by atoms with E-state index in [0.29, 0.717) is 10.9 Å². The second-order valence-corrected chi connectivity index (χ2v) is 5.37. The van der Waals surface area contributed by atoms with Crippen molar-refractivity contribution in [3.63, 3.8) is 0 Å². The summed E-state index contributed by atoms with van der Waals surface area (Å²) in [5, 5.41) is 5.37. The van der Waals surface area contributed by atoms with Crippen LogP contribution in [0.2, 0.25) is 5.02 Å². The van der Waals surface area contributed by atoms with Gasteiger partial charge in [0.25, 0.3) is 0 Å². The van der Waals surface area contributed by atoms with E-state index in [4.69, 9.17) is 16.3 Å². The van der Waals surface area contributed by atoms with Gasteiger partial charge >= 0.3 is 0 Å². The van der Waals surface area contributed by atoms with Gasteiger partial charge in [-0.05, 0) is 17.7 Å². The molecule has 3 rings (SSSR count). The Labute approximate surface area is 112 Å². The highest BCUT2D eigenvalue weighted by molar-refractivity contribution is 6.32. The van der Waals surface area contributed by atoms with E-state index in [9.17, 15) is 0 Å². The molecular formula is C14H17ClN2O. The molecule has 0 amide bonds. The maximum atomic E-state index is 6.22. The molecule has 0 radical (unpaired) electrons. The number of rotatable bonds is 1. The zero-order valence-electron chi connectivity index (χ0n) is 10.9. The Morgan fingerprint density at radius 1 is 1.44 bits per heavy atom. The molecule has 1 N–H and O–H groups in total. The van der Waals surface area contributed by atoms with Crippen molar-refractivity contribution in [1.82, 2.24) is 9.88 Å². The number of hydrogen-bond acceptors (Lipinski definition) is 2. The van der Waals surface area contributed by atoms with Gasteiger partial charge in [0.15, 0.2) is 0 Å². The Bertz CT molecular complexity index is 618. The second-order valence-electron chi connectivity index (χ2n) is 4.96. The van der Waals surface area contributed by atoms with E-state index < -0.39 is 0 Å². The van der Waals surface area contributed by atoms with E-state index in [-0.39, 0.29) is 0 Å². The summed E-state index contributed by atoms with van der Waals surface area (Å²) >= 11 is 6.22. The van der Waals surface area contributed by atoms with Crippen molar-refractivity contribution in [3.05, 3.63) is 28.4 Å². The molecule has 1 atom stereocenters. The third kappa shape index (κ3) is 1.54. The average molecular weight is 265 g/mol. The Morgan fingerprint density at radius 3 is 2.94 bits per heavy atom. The van der Waals surface area contributed by atoms with Crippen LogP contribution in [0.25, 0.3) is 10.9 Å². The second kappa shape index (κ2) is 4.18. The Morgan fingerprint density at radius 2 is 2.22 bits per heavy atom. The standard InChI is InChI=1S/C14H17ClN2O/c1-8-6-16-7-10-9-4-13(18-3)11(15)5-12(9)17(2)14(8)10/h4-5,8,16H,6-7H2,1-3H3. The third-order valence-corrected chi connectivity index (χ3v) is 4.14. The van der Waals surface area contributed by atoms with Gasteiger partial charge in [-0.2, -0.15) is 0 Å². The zero-order chi connectivity index (χ0) is 12.9. The molecule has 1 aromatic carbocycles. The maximum Gasteiger partial charge on any atom is 0.138 e. The van der Waals surface area contributed by atoms with Crippen molar-refractivity contribution in [3.8, 4) is 5.75 Å². The van der Waals surface area contributed by atoms with Crippen molar-refractivity contribution in [2.75, 3.05) is 13.7 Å². The zero-order valence-corrected chi connectivity index (χ0v) is 11.6. The van der Waals surface area contributed by atoms with E-state index in [2.05, 4.69) is 29.9 Å². The first-order chi connectivity index (χ1) is 8.63. The van der Waals surface area contributed by atoms with Crippen LogP contribution in [-0.2, 0) is 13.6 Å². The highest BCUT2D eigenvalue weighted by Gasteiger charge is 2.24. The minimum Gasteiger partial charge on any atom is -0.495 e. The summed E-state index contributed by atoms with van der Waals surface area (Å²) in [5.41, 5.74) is 3.97. The van der Waals surface area contributed by atoms with Crippen molar-refractivity contribution < 1.29 is 4.74 Å². The molecule has 2 heterocycles. The molecule has 0 bridgehead atoms. The van der Waals surface area contributed by atoms with Gasteiger partial charge < -0.3 is 14.6 Å². The molecule has 4 heteroatoms. The molecule has 1 aliphatic rings. The monoisotopic (exact) mass is 264 g/mol. The lowest BCUT2D eigenvalue weighted by Crippen LogP contribution is -2.27. The van der Waals surface area contributed by atoms with Gasteiger partial charge in [0.2, 0.25) is 0 Å². The van der Waals surface area contributed by atoms with Crippen LogP contribution in [0.4, 0.5) is 0 Å². The highest BCUT2D eigenvalue weighted by atomic mass is 35.5. The SMILES string of the molecule is COc1cc2c3c(n(C)c2cc1Cl)C(C)CNC3. The molecule has 0 aliphatic carbocycles. The first-order valence-corrected chi connectivity index (χ1v) is 6.56. The van der Waals surface area contributed by atoms with Crippen LogP contribution in [0.1, 0.15) is 24.1 Å². The first-order valence-electron chi connectivity index (χ1n) is 6.19. The minimum atomic E-state index is 0.524. The average Bonchev–Trinajstić information content (AvgIpc) is 2.63. The summed E-state index contributed by atoms with van der Waals surface area (Å²) in [6, 6.07) is 4.05. The van der Waals surface area contributed by atoms with Crippen LogP contribution in [-0.4, -0.2) is 18.2 Å². The normalized spacial score (nSPS) is 19.0. The third-order valence-electron chi connectivity index (χ3n) is 3.85. The van der Waals surface area contributed by atoms with Crippen LogP contribution < -0.4 is 10.1 Å². The lowest BCUT2D eigenvalue weighted by molar-refractivity contribution is 0.415. The van der Waals surface area contributed by atoms with Gasteiger partial charge in [0.05, 0.1) is 17.6 Å². The fourth-order valence-electron chi connectivity index (χ4n) is 3.01. The number of hydrogen-bond donors (Lipinski definition) is 1. The summed E-state index contributed by atoms with van der Waals surface area (Å²) in [7, 11) is 3.77. The number of benzene rings is 1. The van der Waals surface area contributed by atoms with Crippen LogP contribution in [0, 0.1) is 0 Å². The number of nitrogens with zero attached hydrogens (tertiary/aromatic N) is 1. The lowest BCUT2D eigenvalue weighted by Gasteiger charge is -2.22. The fourth-order valence-corrected chi connectivity index (χ4v) is 3.25. The molecule has 1 aliphatic heterocycles. The number of ether oxygens (including phenoxy) is 1. The number of aryl methyl sites for hydroxylation is 1. The van der Waals surface area contributed by atoms with Gasteiger partial charge in [-0.25, -0.2) is 0 Å². The van der Waals surface area contributed by atoms with Gasteiger partial charge in [-0.1, -0.05) is 18.5 Å². The van der Waals surface area contributed by atoms with Gasteiger partial charge in [0, 0.05) is 37.1 Å². The van der Waals surface area contributed by atoms with Crippen molar-refractivity contribution in [2.24, 2.45) is 7.05 Å². The van der Waals surface area contributed by atoms with Gasteiger partial charge in [-0.15, -0.1) is 0 Å². The van der Waals surface area contributed by atoms with E-state index in [1.165, 1.54) is 22.2 Å². The van der Waals surface area contributed by atoms with Crippen LogP contribution >= 0.6 is 11.6 Å². The Hall–Kier alpha value is -1.19. The number of halogens is 1. The Kier molecular flexibility index (Phi) is 2.76. The van der Waals surface area contributed by atoms with Crippen LogP contribution in [0.3, 0.4) is 0 Å². The predicted molar refractivity (Wildman–Crippen MR) is 74.6 cm³/mol. The smallest absolute Gasteiger partial charge is 0.138 e. The van der Waals surface area contributed by atoms with Gasteiger partial charge in [0.1, 0.15) is 5.75 Å². The van der Waals surface area contributed by atoms with Crippen molar-refractivity contribution in [2.45, 2.75) is 19.4 Å². The summed E-state index contributed by atoms with van der Waals surface area (Å²) in [5.74, 6) is 1.27. The molecule has 0 spiro atoms. The first kappa shape index (κ1) is 11.9. The molecule has 0 saturated heterocycles. The van der Waals surface area contributed by atoms with Crippen LogP contribution in [0.15, 0.2) is 12.1 Å². The summed E-state index contributed by atoms with van der Waals surface area (Å²) in [6.45, 7) is 4.20. The van der Waals surface area contributed by atoms with Crippen LogP contribution in [0.5, 0.6) is 5.75 Å². The lowest BCUT2D eigenvalue weighted by atomic mass is 9.98. The molecule has 3 nitrogen and oxygen atoms in total. The number of aromatic nitrogens is 1. The summed E-state index contributed by atoms with van der Waals surface area (Å²) in [6.07, 6.45) is 0. The number of nitrogens with one attached hydrogen (secondary N) is 1. The molecular weight excluding hydrogens is 248 g/mol. The summed E-state index contributed by atoms with van der Waals surface area (Å²) < 4.78 is 7.58. The highest BCUT2D eigenvalue weighted by Crippen LogP contribution is 2.37. The predicted octanol–water partition coefficient (Wildman–Crippen LogP) is 3.05. The molecule has 1 unspecified atom stereocenters. The number of fused-ring (bicyclic) bond motifs is 3. The molecule has 2 aromatic rings. The molecule has 18 heavy (non-hydrogen) atoms. The number of methoxy groups -OCH3 is 1. The largest absolute Gasteiger partial charge is 0.495 e. The van der Waals surface area contributed by atoms with Gasteiger partial charge in [-0.3, -0.25) is 0 Å². The van der Waals surface area contributed by atoms with E-state index in [1.54, 1.807) is 7.11 Å². The molecule has 96 valence electrons. The molecule has 0 fully saturated rings. The Balaban J connectivity index is 2.36. The van der Waals surface area contributed by atoms with E-state index in [1.807, 2.05) is 6.07 Å². The summed E-state index contributed by atoms with van der Waals surface area (Å²) in [4.78, 5) is 0. The maximum absolute atomic E-state index is 6.22. The van der Waals surface area contributed by atoms with E-state index in [0.717, 1.165) is 18.8 Å². The quantitative estimate of drug-likeness (QED) is 0.857. The minimum absolute atomic E-state index is 0.524. The fraction of sp³-hybridized carbons (Fsp3) is 0.429. The molecule has 0 saturated carbocycles. The molecule has 1 aromatic heterocycles.